The highest BCUT2D eigenvalue weighted by molar-refractivity contribution is 5.74. The van der Waals surface area contributed by atoms with Gasteiger partial charge in [-0.15, -0.1) is 0 Å². The average molecular weight is 228 g/mol. The van der Waals surface area contributed by atoms with E-state index >= 15 is 0 Å². The normalized spacial score (nSPS) is 20.9. The largest absolute Gasteiger partial charge is 0.396 e. The van der Waals surface area contributed by atoms with Crippen LogP contribution in [0.1, 0.15) is 39.0 Å². The van der Waals surface area contributed by atoms with Crippen molar-refractivity contribution in [2.45, 2.75) is 39.0 Å². The second kappa shape index (κ2) is 7.49. The van der Waals surface area contributed by atoms with Gasteiger partial charge in [-0.05, 0) is 38.0 Å². The van der Waals surface area contributed by atoms with E-state index < -0.39 is 0 Å². The smallest absolute Gasteiger partial charge is 0.317 e. The maximum absolute atomic E-state index is 11.7. The lowest BCUT2D eigenvalue weighted by molar-refractivity contribution is 0.169. The molecule has 0 aliphatic carbocycles. The van der Waals surface area contributed by atoms with E-state index in [-0.39, 0.29) is 12.6 Å². The number of carbonyl (C=O) groups is 1. The van der Waals surface area contributed by atoms with Gasteiger partial charge < -0.3 is 15.3 Å². The number of amides is 2. The lowest BCUT2D eigenvalue weighted by Crippen LogP contribution is -2.45. The molecule has 0 saturated carbocycles. The van der Waals surface area contributed by atoms with Gasteiger partial charge in [-0.1, -0.05) is 6.92 Å². The maximum Gasteiger partial charge on any atom is 0.317 e. The summed E-state index contributed by atoms with van der Waals surface area (Å²) < 4.78 is 0. The number of urea groups is 1. The van der Waals surface area contributed by atoms with Crippen LogP contribution in [0, 0.1) is 5.92 Å². The number of nitrogens with one attached hydrogen (secondary N) is 1. The average Bonchev–Trinajstić information content (AvgIpc) is 2.28. The molecular weight excluding hydrogens is 204 g/mol. The molecule has 0 aromatic heterocycles. The van der Waals surface area contributed by atoms with Crippen LogP contribution in [0.4, 0.5) is 4.79 Å². The summed E-state index contributed by atoms with van der Waals surface area (Å²) >= 11 is 0. The topological polar surface area (TPSA) is 52.6 Å². The summed E-state index contributed by atoms with van der Waals surface area (Å²) in [5, 5.41) is 11.5. The Balaban J connectivity index is 2.09. The second-order valence-corrected chi connectivity index (χ2v) is 4.71. The van der Waals surface area contributed by atoms with Gasteiger partial charge in [-0.3, -0.25) is 0 Å². The number of hydrogen-bond donors (Lipinski definition) is 2. The van der Waals surface area contributed by atoms with E-state index in [1.54, 1.807) is 0 Å². The van der Waals surface area contributed by atoms with Crippen LogP contribution in [0.3, 0.4) is 0 Å². The Morgan fingerprint density at radius 1 is 1.44 bits per heavy atom. The van der Waals surface area contributed by atoms with Gasteiger partial charge in [0.2, 0.25) is 0 Å². The zero-order valence-electron chi connectivity index (χ0n) is 10.2. The molecule has 0 aromatic carbocycles. The van der Waals surface area contributed by atoms with Crippen molar-refractivity contribution in [1.82, 2.24) is 10.2 Å². The van der Waals surface area contributed by atoms with E-state index in [9.17, 15) is 4.79 Å². The highest BCUT2D eigenvalue weighted by atomic mass is 16.2. The Morgan fingerprint density at radius 2 is 2.25 bits per heavy atom. The van der Waals surface area contributed by atoms with Crippen molar-refractivity contribution < 1.29 is 9.90 Å². The molecule has 2 N–H and O–H groups in total. The first kappa shape index (κ1) is 13.3. The molecule has 0 radical (unpaired) electrons. The maximum atomic E-state index is 11.7. The van der Waals surface area contributed by atoms with Gasteiger partial charge >= 0.3 is 6.03 Å². The molecule has 1 heterocycles. The van der Waals surface area contributed by atoms with Gasteiger partial charge in [0.25, 0.3) is 0 Å². The Kier molecular flexibility index (Phi) is 6.23. The van der Waals surface area contributed by atoms with Gasteiger partial charge in [0.15, 0.2) is 0 Å². The zero-order valence-corrected chi connectivity index (χ0v) is 10.2. The summed E-state index contributed by atoms with van der Waals surface area (Å²) in [6.45, 7) is 4.96. The van der Waals surface area contributed by atoms with Crippen molar-refractivity contribution in [3.8, 4) is 0 Å². The van der Waals surface area contributed by atoms with E-state index in [0.717, 1.165) is 45.3 Å². The van der Waals surface area contributed by atoms with E-state index in [2.05, 4.69) is 12.2 Å². The predicted molar refractivity (Wildman–Crippen MR) is 64.3 cm³/mol. The fraction of sp³-hybridized carbons (Fsp3) is 0.917. The van der Waals surface area contributed by atoms with Gasteiger partial charge in [0, 0.05) is 26.2 Å². The van der Waals surface area contributed by atoms with Crippen molar-refractivity contribution in [2.75, 3.05) is 26.2 Å². The number of aliphatic hydroxyl groups is 1. The van der Waals surface area contributed by atoms with Crippen LogP contribution in [0.15, 0.2) is 0 Å². The lowest BCUT2D eigenvalue weighted by Gasteiger charge is -2.30. The number of aliphatic hydroxyl groups excluding tert-OH is 1. The van der Waals surface area contributed by atoms with Crippen molar-refractivity contribution in [2.24, 2.45) is 5.92 Å². The molecule has 0 bridgehead atoms. The summed E-state index contributed by atoms with van der Waals surface area (Å²) in [4.78, 5) is 13.7. The van der Waals surface area contributed by atoms with Gasteiger partial charge in [0.05, 0.1) is 0 Å². The van der Waals surface area contributed by atoms with Crippen LogP contribution in [-0.4, -0.2) is 42.3 Å². The second-order valence-electron chi connectivity index (χ2n) is 4.71. The number of hydrogen-bond acceptors (Lipinski definition) is 2. The third kappa shape index (κ3) is 4.84. The number of rotatable bonds is 5. The third-order valence-corrected chi connectivity index (χ3v) is 3.06. The minimum atomic E-state index is 0.0792. The third-order valence-electron chi connectivity index (χ3n) is 3.06. The molecule has 1 atom stereocenters. The van der Waals surface area contributed by atoms with E-state index in [0.29, 0.717) is 5.92 Å². The Hall–Kier alpha value is -0.770. The van der Waals surface area contributed by atoms with Crippen LogP contribution < -0.4 is 5.32 Å². The fourth-order valence-electron chi connectivity index (χ4n) is 2.09. The molecule has 0 spiro atoms. The molecule has 94 valence electrons. The van der Waals surface area contributed by atoms with Crippen LogP contribution in [0.5, 0.6) is 0 Å². The zero-order chi connectivity index (χ0) is 11.8. The van der Waals surface area contributed by atoms with Crippen LogP contribution >= 0.6 is 0 Å². The van der Waals surface area contributed by atoms with Crippen LogP contribution in [0.2, 0.25) is 0 Å². The number of unbranched alkanes of at least 4 members (excludes halogenated alkanes) is 2. The molecule has 1 saturated heterocycles. The minimum absolute atomic E-state index is 0.0792. The molecule has 4 nitrogen and oxygen atoms in total. The standard InChI is InChI=1S/C12H24N2O2/c1-11-6-5-8-14(10-11)12(16)13-7-3-2-4-9-15/h11,15H,2-10H2,1H3,(H,13,16). The van der Waals surface area contributed by atoms with Crippen molar-refractivity contribution in [3.63, 3.8) is 0 Å². The van der Waals surface area contributed by atoms with E-state index in [1.165, 1.54) is 6.42 Å². The van der Waals surface area contributed by atoms with Crippen molar-refractivity contribution in [3.05, 3.63) is 0 Å². The van der Waals surface area contributed by atoms with Gasteiger partial charge in [-0.25, -0.2) is 4.79 Å². The quantitative estimate of drug-likeness (QED) is 0.702. The molecule has 2 amide bonds. The summed E-state index contributed by atoms with van der Waals surface area (Å²) in [6.07, 6.45) is 5.12. The Morgan fingerprint density at radius 3 is 2.94 bits per heavy atom. The molecule has 1 aliphatic rings. The molecule has 1 fully saturated rings. The van der Waals surface area contributed by atoms with Crippen LogP contribution in [0.25, 0.3) is 0 Å². The summed E-state index contributed by atoms with van der Waals surface area (Å²) in [5.74, 6) is 0.633. The van der Waals surface area contributed by atoms with Crippen LogP contribution in [-0.2, 0) is 0 Å². The summed E-state index contributed by atoms with van der Waals surface area (Å²) in [5.41, 5.74) is 0. The fourth-order valence-corrected chi connectivity index (χ4v) is 2.09. The molecule has 1 unspecified atom stereocenters. The minimum Gasteiger partial charge on any atom is -0.396 e. The predicted octanol–water partition coefficient (Wildman–Crippen LogP) is 1.59. The number of carbonyl (C=O) groups excluding carboxylic acids is 1. The molecular formula is C12H24N2O2. The molecule has 1 rings (SSSR count). The number of likely N-dealkylation sites (tertiary alicyclic amines) is 1. The summed E-state index contributed by atoms with van der Waals surface area (Å²) in [7, 11) is 0. The van der Waals surface area contributed by atoms with E-state index in [4.69, 9.17) is 5.11 Å². The van der Waals surface area contributed by atoms with E-state index in [1.807, 2.05) is 4.90 Å². The monoisotopic (exact) mass is 228 g/mol. The number of piperidine rings is 1. The van der Waals surface area contributed by atoms with Crippen molar-refractivity contribution in [1.29, 1.82) is 0 Å². The molecule has 1 aliphatic heterocycles. The first-order chi connectivity index (χ1) is 7.74. The Labute approximate surface area is 98.0 Å². The molecule has 16 heavy (non-hydrogen) atoms. The Bertz CT molecular complexity index is 209. The van der Waals surface area contributed by atoms with Gasteiger partial charge in [-0.2, -0.15) is 0 Å². The molecule has 4 heteroatoms. The van der Waals surface area contributed by atoms with Crippen molar-refractivity contribution >= 4 is 6.03 Å². The SMILES string of the molecule is CC1CCCN(C(=O)NCCCCCO)C1. The first-order valence-corrected chi connectivity index (χ1v) is 6.37. The lowest BCUT2D eigenvalue weighted by atomic mass is 10.0. The molecule has 0 aromatic rings. The highest BCUT2D eigenvalue weighted by Crippen LogP contribution is 2.15. The highest BCUT2D eigenvalue weighted by Gasteiger charge is 2.20. The number of nitrogens with zero attached hydrogens (tertiary/aromatic N) is 1. The summed E-state index contributed by atoms with van der Waals surface area (Å²) in [6, 6.07) is 0.0792. The van der Waals surface area contributed by atoms with Gasteiger partial charge in [0.1, 0.15) is 0 Å². The first-order valence-electron chi connectivity index (χ1n) is 6.37.